The molecule has 8 nitrogen and oxygen atoms in total. The smallest absolute Gasteiger partial charge is 0.293 e. The van der Waals surface area contributed by atoms with Gasteiger partial charge < -0.3 is 14.5 Å². The molecule has 0 unspecified atom stereocenters. The van der Waals surface area contributed by atoms with Gasteiger partial charge in [-0.15, -0.1) is 0 Å². The van der Waals surface area contributed by atoms with Gasteiger partial charge in [-0.3, -0.25) is 19.8 Å². The number of hydrogen-bond acceptors (Lipinski definition) is 4. The molecule has 2 N–H and O–H groups in total. The zero-order valence-electron chi connectivity index (χ0n) is 13.7. The summed E-state index contributed by atoms with van der Waals surface area (Å²) in [5.41, 5.74) is 3.15. The third-order valence-corrected chi connectivity index (χ3v) is 4.45. The van der Waals surface area contributed by atoms with Crippen molar-refractivity contribution < 1.29 is 24.0 Å². The average molecular weight is 368 g/mol. The fourth-order valence-electron chi connectivity index (χ4n) is 2.83. The summed E-state index contributed by atoms with van der Waals surface area (Å²) in [6, 6.07) is 6.69. The normalized spacial score (nSPS) is 19.2. The van der Waals surface area contributed by atoms with Crippen LogP contribution in [0.2, 0.25) is 5.02 Å². The minimum absolute atomic E-state index is 0.120. The summed E-state index contributed by atoms with van der Waals surface area (Å²) in [5.74, 6) is -0.876. The number of benzene rings is 1. The van der Waals surface area contributed by atoms with Crippen LogP contribution in [0.25, 0.3) is 0 Å². The number of ether oxygens (including phenoxy) is 1. The van der Waals surface area contributed by atoms with Crippen LogP contribution in [0.5, 0.6) is 0 Å². The van der Waals surface area contributed by atoms with Crippen molar-refractivity contribution in [1.82, 2.24) is 10.4 Å². The number of carbonyl (C=O) groups is 3. The van der Waals surface area contributed by atoms with Crippen LogP contribution in [0.15, 0.2) is 24.3 Å². The maximum absolute atomic E-state index is 12.3. The van der Waals surface area contributed by atoms with Gasteiger partial charge in [-0.1, -0.05) is 11.6 Å². The molecular formula is C16H20ClN4O4+. The number of halogens is 1. The number of quaternary nitrogens is 1. The summed E-state index contributed by atoms with van der Waals surface area (Å²) in [5, 5.41) is 1.65. The first kappa shape index (κ1) is 17.7. The van der Waals surface area contributed by atoms with Crippen molar-refractivity contribution in [2.45, 2.75) is 0 Å². The van der Waals surface area contributed by atoms with Crippen molar-refractivity contribution in [3.63, 3.8) is 0 Å². The summed E-state index contributed by atoms with van der Waals surface area (Å²) in [6.07, 6.45) is 0. The average Bonchev–Trinajstić information content (AvgIpc) is 2.59. The molecule has 0 aliphatic carbocycles. The zero-order valence-corrected chi connectivity index (χ0v) is 14.4. The van der Waals surface area contributed by atoms with Crippen molar-refractivity contribution >= 4 is 35.0 Å². The molecule has 9 heteroatoms. The molecule has 0 bridgehead atoms. The van der Waals surface area contributed by atoms with E-state index in [-0.39, 0.29) is 37.4 Å². The lowest BCUT2D eigenvalue weighted by molar-refractivity contribution is -0.900. The molecule has 3 amide bonds. The van der Waals surface area contributed by atoms with E-state index in [0.717, 1.165) is 23.0 Å². The number of morpholine rings is 1. The molecule has 0 atom stereocenters. The van der Waals surface area contributed by atoms with Crippen LogP contribution in [-0.4, -0.2) is 68.7 Å². The number of hydrazine groups is 1. The highest BCUT2D eigenvalue weighted by Crippen LogP contribution is 2.20. The summed E-state index contributed by atoms with van der Waals surface area (Å²) < 4.78 is 5.25. The van der Waals surface area contributed by atoms with Crippen molar-refractivity contribution in [2.75, 3.05) is 50.8 Å². The number of nitrogens with one attached hydrogen (secondary N) is 2. The van der Waals surface area contributed by atoms with Gasteiger partial charge in [0, 0.05) is 10.7 Å². The third kappa shape index (κ3) is 4.47. The van der Waals surface area contributed by atoms with Gasteiger partial charge in [-0.25, -0.2) is 5.01 Å². The maximum Gasteiger partial charge on any atom is 0.293 e. The molecule has 2 aliphatic rings. The number of amides is 3. The minimum Gasteiger partial charge on any atom is -0.370 e. The summed E-state index contributed by atoms with van der Waals surface area (Å²) in [4.78, 5) is 39.2. The van der Waals surface area contributed by atoms with E-state index in [0.29, 0.717) is 23.9 Å². The second-order valence-electron chi connectivity index (χ2n) is 6.01. The Morgan fingerprint density at radius 1 is 1.12 bits per heavy atom. The predicted octanol–water partition coefficient (Wildman–Crippen LogP) is -1.54. The van der Waals surface area contributed by atoms with Crippen molar-refractivity contribution in [2.24, 2.45) is 0 Å². The molecule has 0 spiro atoms. The van der Waals surface area contributed by atoms with Crippen LogP contribution in [0.4, 0.5) is 5.69 Å². The molecule has 2 aliphatic heterocycles. The third-order valence-electron chi connectivity index (χ3n) is 4.20. The SMILES string of the molecule is O=C(C[NH+]1CCOCC1)NN1CC(=O)N(c2ccc(Cl)cc2)CC1=O. The molecule has 2 heterocycles. The molecule has 0 radical (unpaired) electrons. The van der Waals surface area contributed by atoms with E-state index in [4.69, 9.17) is 16.3 Å². The number of nitrogens with zero attached hydrogens (tertiary/aromatic N) is 2. The highest BCUT2D eigenvalue weighted by molar-refractivity contribution is 6.30. The summed E-state index contributed by atoms with van der Waals surface area (Å²) in [6.45, 7) is 2.70. The van der Waals surface area contributed by atoms with Crippen LogP contribution in [-0.2, 0) is 19.1 Å². The standard InChI is InChI=1S/C16H19ClN4O4/c17-12-1-3-13(4-2-12)20-10-16(24)21(11-15(20)23)18-14(22)9-19-5-7-25-8-6-19/h1-4H,5-11H2,(H,18,22)/p+1. The first-order valence-electron chi connectivity index (χ1n) is 8.10. The molecule has 1 aromatic rings. The second-order valence-corrected chi connectivity index (χ2v) is 6.45. The van der Waals surface area contributed by atoms with E-state index in [1.807, 2.05) is 0 Å². The van der Waals surface area contributed by atoms with Gasteiger partial charge >= 0.3 is 0 Å². The number of piperazine rings is 1. The Bertz CT molecular complexity index is 661. The molecule has 0 aromatic heterocycles. The Morgan fingerprint density at radius 2 is 1.80 bits per heavy atom. The van der Waals surface area contributed by atoms with Crippen LogP contribution in [0, 0.1) is 0 Å². The Kier molecular flexibility index (Phi) is 5.52. The number of anilines is 1. The molecule has 2 saturated heterocycles. The van der Waals surface area contributed by atoms with Crippen molar-refractivity contribution in [3.05, 3.63) is 29.3 Å². The van der Waals surface area contributed by atoms with Gasteiger partial charge in [-0.2, -0.15) is 0 Å². The van der Waals surface area contributed by atoms with Crippen LogP contribution >= 0.6 is 11.6 Å². The molecule has 0 saturated carbocycles. The quantitative estimate of drug-likeness (QED) is 0.676. The molecule has 1 aromatic carbocycles. The fourth-order valence-corrected chi connectivity index (χ4v) is 2.96. The van der Waals surface area contributed by atoms with E-state index in [9.17, 15) is 14.4 Å². The number of hydrogen-bond donors (Lipinski definition) is 2. The number of carbonyl (C=O) groups excluding carboxylic acids is 3. The monoisotopic (exact) mass is 367 g/mol. The molecule has 134 valence electrons. The largest absolute Gasteiger partial charge is 0.370 e. The van der Waals surface area contributed by atoms with E-state index < -0.39 is 0 Å². The second kappa shape index (κ2) is 7.81. The predicted molar refractivity (Wildman–Crippen MR) is 90.0 cm³/mol. The van der Waals surface area contributed by atoms with Crippen LogP contribution in [0.3, 0.4) is 0 Å². The van der Waals surface area contributed by atoms with E-state index in [1.165, 1.54) is 4.90 Å². The lowest BCUT2D eigenvalue weighted by atomic mass is 10.2. The minimum atomic E-state index is -0.333. The van der Waals surface area contributed by atoms with Crippen LogP contribution < -0.4 is 15.2 Å². The maximum atomic E-state index is 12.3. The Labute approximate surface area is 150 Å². The summed E-state index contributed by atoms with van der Waals surface area (Å²) in [7, 11) is 0. The number of rotatable bonds is 4. The highest BCUT2D eigenvalue weighted by Gasteiger charge is 2.32. The van der Waals surface area contributed by atoms with Gasteiger partial charge in [0.15, 0.2) is 6.54 Å². The highest BCUT2D eigenvalue weighted by atomic mass is 35.5. The molecule has 2 fully saturated rings. The van der Waals surface area contributed by atoms with Gasteiger partial charge in [-0.05, 0) is 24.3 Å². The molecule has 25 heavy (non-hydrogen) atoms. The molecule has 3 rings (SSSR count). The lowest BCUT2D eigenvalue weighted by Gasteiger charge is -2.34. The van der Waals surface area contributed by atoms with Crippen molar-refractivity contribution in [3.8, 4) is 0 Å². The van der Waals surface area contributed by atoms with Gasteiger partial charge in [0.1, 0.15) is 26.2 Å². The Balaban J connectivity index is 1.56. The topological polar surface area (TPSA) is 83.4 Å². The summed E-state index contributed by atoms with van der Waals surface area (Å²) >= 11 is 5.84. The van der Waals surface area contributed by atoms with E-state index >= 15 is 0 Å². The Hall–Kier alpha value is -2.16. The van der Waals surface area contributed by atoms with Crippen LogP contribution in [0.1, 0.15) is 0 Å². The van der Waals surface area contributed by atoms with E-state index in [2.05, 4.69) is 5.43 Å². The van der Waals surface area contributed by atoms with E-state index in [1.54, 1.807) is 24.3 Å². The van der Waals surface area contributed by atoms with Gasteiger partial charge in [0.25, 0.3) is 11.8 Å². The lowest BCUT2D eigenvalue weighted by Crippen LogP contribution is -3.15. The van der Waals surface area contributed by atoms with Gasteiger partial charge in [0.2, 0.25) is 5.91 Å². The zero-order chi connectivity index (χ0) is 17.8. The van der Waals surface area contributed by atoms with Crippen molar-refractivity contribution in [1.29, 1.82) is 0 Å². The first-order valence-corrected chi connectivity index (χ1v) is 8.48. The molecular weight excluding hydrogens is 348 g/mol. The first-order chi connectivity index (χ1) is 12.0. The fraction of sp³-hybridized carbons (Fsp3) is 0.438. The van der Waals surface area contributed by atoms with Gasteiger partial charge in [0.05, 0.1) is 13.2 Å². The Morgan fingerprint density at radius 3 is 2.48 bits per heavy atom.